The lowest BCUT2D eigenvalue weighted by molar-refractivity contribution is -0.194. The summed E-state index contributed by atoms with van der Waals surface area (Å²) in [5, 5.41) is 2.10. The van der Waals surface area contributed by atoms with Gasteiger partial charge in [-0.25, -0.2) is 0 Å². The minimum atomic E-state index is -4.65. The Labute approximate surface area is 101 Å². The van der Waals surface area contributed by atoms with E-state index in [0.29, 0.717) is 0 Å². The van der Waals surface area contributed by atoms with Gasteiger partial charge in [-0.2, -0.15) is 22.0 Å². The van der Waals surface area contributed by atoms with Gasteiger partial charge >= 0.3 is 12.8 Å². The van der Waals surface area contributed by atoms with Crippen LogP contribution in [0.4, 0.5) is 22.0 Å². The van der Waals surface area contributed by atoms with Crippen LogP contribution in [0.5, 0.6) is 5.75 Å². The Morgan fingerprint density at radius 1 is 1.17 bits per heavy atom. The van der Waals surface area contributed by atoms with E-state index in [0.717, 1.165) is 26.1 Å². The maximum absolute atomic E-state index is 13.0. The molecule has 0 aliphatic rings. The van der Waals surface area contributed by atoms with Crippen LogP contribution in [0.3, 0.4) is 0 Å². The lowest BCUT2D eigenvalue weighted by atomic mass is 9.90. The molecule has 0 bridgehead atoms. The molecule has 0 aliphatic carbocycles. The molecule has 2 nitrogen and oxygen atoms in total. The van der Waals surface area contributed by atoms with E-state index in [1.165, 1.54) is 12.1 Å². The summed E-state index contributed by atoms with van der Waals surface area (Å²) in [6, 6.07) is 4.83. The lowest BCUT2D eigenvalue weighted by Crippen LogP contribution is -2.50. The third-order valence-corrected chi connectivity index (χ3v) is 2.71. The molecule has 0 amide bonds. The summed E-state index contributed by atoms with van der Waals surface area (Å²) in [4.78, 5) is 0. The Kier molecular flexibility index (Phi) is 4.16. The number of hydrogen-bond donors (Lipinski definition) is 1. The minimum absolute atomic E-state index is 0.389. The number of benzene rings is 1. The quantitative estimate of drug-likeness (QED) is 0.847. The SMILES string of the molecule is CNC(C)(c1ccccc1OC(F)F)C(F)(F)F. The number of para-hydroxylation sites is 1. The van der Waals surface area contributed by atoms with Gasteiger partial charge in [-0.15, -0.1) is 0 Å². The van der Waals surface area contributed by atoms with E-state index in [9.17, 15) is 22.0 Å². The van der Waals surface area contributed by atoms with E-state index in [4.69, 9.17) is 0 Å². The highest BCUT2D eigenvalue weighted by atomic mass is 19.4. The fraction of sp³-hybridized carbons (Fsp3) is 0.455. The number of rotatable bonds is 4. The summed E-state index contributed by atoms with van der Waals surface area (Å²) in [5.74, 6) is -0.498. The van der Waals surface area contributed by atoms with Gasteiger partial charge in [0, 0.05) is 5.56 Å². The molecule has 0 aliphatic heterocycles. The number of hydrogen-bond acceptors (Lipinski definition) is 2. The molecule has 1 unspecified atom stereocenters. The molecule has 1 aromatic carbocycles. The summed E-state index contributed by atoms with van der Waals surface area (Å²) < 4.78 is 67.5. The van der Waals surface area contributed by atoms with Crippen molar-refractivity contribution in [3.63, 3.8) is 0 Å². The van der Waals surface area contributed by atoms with Crippen molar-refractivity contribution in [2.75, 3.05) is 7.05 Å². The van der Waals surface area contributed by atoms with Crippen LogP contribution < -0.4 is 10.1 Å². The molecule has 1 aromatic rings. The van der Waals surface area contributed by atoms with Crippen LogP contribution in [-0.4, -0.2) is 19.8 Å². The van der Waals surface area contributed by atoms with Gasteiger partial charge in [0.05, 0.1) is 0 Å². The zero-order valence-corrected chi connectivity index (χ0v) is 9.68. The summed E-state index contributed by atoms with van der Waals surface area (Å²) in [5.41, 5.74) is -2.85. The molecule has 0 aromatic heterocycles. The van der Waals surface area contributed by atoms with E-state index in [1.54, 1.807) is 0 Å². The molecule has 18 heavy (non-hydrogen) atoms. The molecule has 0 spiro atoms. The average Bonchev–Trinajstić information content (AvgIpc) is 2.26. The monoisotopic (exact) mass is 269 g/mol. The van der Waals surface area contributed by atoms with Crippen LogP contribution in [-0.2, 0) is 5.54 Å². The molecular weight excluding hydrogens is 257 g/mol. The van der Waals surface area contributed by atoms with Crippen molar-refractivity contribution >= 4 is 0 Å². The fourth-order valence-corrected chi connectivity index (χ4v) is 1.51. The van der Waals surface area contributed by atoms with Crippen molar-refractivity contribution in [2.24, 2.45) is 0 Å². The Bertz CT molecular complexity index is 407. The van der Waals surface area contributed by atoms with Crippen LogP contribution in [0, 0.1) is 0 Å². The van der Waals surface area contributed by atoms with Crippen LogP contribution in [0.25, 0.3) is 0 Å². The highest BCUT2D eigenvalue weighted by molar-refractivity contribution is 5.40. The number of nitrogens with one attached hydrogen (secondary N) is 1. The van der Waals surface area contributed by atoms with Crippen LogP contribution in [0.15, 0.2) is 24.3 Å². The Hall–Kier alpha value is -1.37. The van der Waals surface area contributed by atoms with E-state index in [-0.39, 0.29) is 5.56 Å². The van der Waals surface area contributed by atoms with Gasteiger partial charge < -0.3 is 10.1 Å². The third-order valence-electron chi connectivity index (χ3n) is 2.71. The van der Waals surface area contributed by atoms with Crippen LogP contribution >= 0.6 is 0 Å². The normalized spacial score (nSPS) is 15.6. The van der Waals surface area contributed by atoms with Crippen LogP contribution in [0.2, 0.25) is 0 Å². The summed E-state index contributed by atoms with van der Waals surface area (Å²) >= 11 is 0. The van der Waals surface area contributed by atoms with Gasteiger partial charge in [-0.05, 0) is 20.0 Å². The molecule has 0 fully saturated rings. The molecule has 0 saturated heterocycles. The van der Waals surface area contributed by atoms with Crippen molar-refractivity contribution in [3.05, 3.63) is 29.8 Å². The minimum Gasteiger partial charge on any atom is -0.434 e. The first-order valence-corrected chi connectivity index (χ1v) is 5.02. The van der Waals surface area contributed by atoms with Crippen molar-refractivity contribution in [1.29, 1.82) is 0 Å². The second kappa shape index (κ2) is 5.09. The zero-order valence-electron chi connectivity index (χ0n) is 9.68. The molecule has 1 N–H and O–H groups in total. The molecule has 7 heteroatoms. The van der Waals surface area contributed by atoms with Gasteiger partial charge in [0.25, 0.3) is 0 Å². The Morgan fingerprint density at radius 2 is 1.72 bits per heavy atom. The molecule has 102 valence electrons. The van der Waals surface area contributed by atoms with Crippen molar-refractivity contribution < 1.29 is 26.7 Å². The fourth-order valence-electron chi connectivity index (χ4n) is 1.51. The van der Waals surface area contributed by atoms with Crippen molar-refractivity contribution in [1.82, 2.24) is 5.32 Å². The van der Waals surface area contributed by atoms with E-state index in [1.807, 2.05) is 0 Å². The number of halogens is 5. The molecule has 1 rings (SSSR count). The summed E-state index contributed by atoms with van der Waals surface area (Å²) in [6.07, 6.45) is -4.65. The van der Waals surface area contributed by atoms with Gasteiger partial charge in [-0.3, -0.25) is 0 Å². The number of alkyl halides is 5. The molecular formula is C11H12F5NO. The van der Waals surface area contributed by atoms with E-state index in [2.05, 4.69) is 10.1 Å². The second-order valence-electron chi connectivity index (χ2n) is 3.75. The van der Waals surface area contributed by atoms with Gasteiger partial charge in [0.2, 0.25) is 0 Å². The van der Waals surface area contributed by atoms with Crippen molar-refractivity contribution in [3.8, 4) is 5.75 Å². The van der Waals surface area contributed by atoms with Gasteiger partial charge in [0.15, 0.2) is 0 Å². The Morgan fingerprint density at radius 3 is 2.17 bits per heavy atom. The molecule has 0 radical (unpaired) electrons. The Balaban J connectivity index is 3.30. The van der Waals surface area contributed by atoms with Crippen LogP contribution in [0.1, 0.15) is 12.5 Å². The van der Waals surface area contributed by atoms with Gasteiger partial charge in [0.1, 0.15) is 11.3 Å². The molecule has 1 atom stereocenters. The first-order valence-electron chi connectivity index (χ1n) is 5.02. The smallest absolute Gasteiger partial charge is 0.410 e. The predicted octanol–water partition coefficient (Wildman–Crippen LogP) is 3.28. The maximum atomic E-state index is 13.0. The van der Waals surface area contributed by atoms with Gasteiger partial charge in [-0.1, -0.05) is 18.2 Å². The van der Waals surface area contributed by atoms with E-state index < -0.39 is 24.1 Å². The predicted molar refractivity (Wildman–Crippen MR) is 55.5 cm³/mol. The first kappa shape index (κ1) is 14.7. The van der Waals surface area contributed by atoms with Crippen molar-refractivity contribution in [2.45, 2.75) is 25.3 Å². The largest absolute Gasteiger partial charge is 0.434 e. The average molecular weight is 269 g/mol. The summed E-state index contributed by atoms with van der Waals surface area (Å²) in [6.45, 7) is -2.32. The molecule has 0 saturated carbocycles. The summed E-state index contributed by atoms with van der Waals surface area (Å²) in [7, 11) is 1.10. The highest BCUT2D eigenvalue weighted by Crippen LogP contribution is 2.42. The standard InChI is InChI=1S/C11H12F5NO/c1-10(17-2,11(14,15)16)7-5-3-4-6-8(7)18-9(12)13/h3-6,9,17H,1-2H3. The third kappa shape index (κ3) is 2.72. The van der Waals surface area contributed by atoms with E-state index >= 15 is 0 Å². The first-order chi connectivity index (χ1) is 8.22. The topological polar surface area (TPSA) is 21.3 Å². The zero-order chi connectivity index (χ0) is 14.0. The highest BCUT2D eigenvalue weighted by Gasteiger charge is 2.52. The second-order valence-corrected chi connectivity index (χ2v) is 3.75. The lowest BCUT2D eigenvalue weighted by Gasteiger charge is -2.33. The number of ether oxygens (including phenoxy) is 1. The molecule has 0 heterocycles. The maximum Gasteiger partial charge on any atom is 0.410 e.